The van der Waals surface area contributed by atoms with Crippen molar-refractivity contribution in [2.45, 2.75) is 13.5 Å². The molecule has 1 heterocycles. The summed E-state index contributed by atoms with van der Waals surface area (Å²) in [6.45, 7) is 2.88. The Morgan fingerprint density at radius 3 is 2.86 bits per heavy atom. The second kappa shape index (κ2) is 6.24. The monoisotopic (exact) mass is 313 g/mol. The molecule has 22 heavy (non-hydrogen) atoms. The van der Waals surface area contributed by atoms with E-state index in [-0.39, 0.29) is 5.97 Å². The van der Waals surface area contributed by atoms with Crippen molar-refractivity contribution >= 4 is 28.5 Å². The zero-order valence-electron chi connectivity index (χ0n) is 12.3. The Balaban J connectivity index is 1.88. The number of nitrogens with zero attached hydrogens (tertiary/aromatic N) is 1. The molecule has 3 nitrogen and oxygen atoms in total. The Labute approximate surface area is 134 Å². The van der Waals surface area contributed by atoms with Gasteiger partial charge in [0.15, 0.2) is 0 Å². The molecule has 0 unspecified atom stereocenters. The van der Waals surface area contributed by atoms with Gasteiger partial charge in [-0.15, -0.1) is 0 Å². The number of fused-ring (bicyclic) bond motifs is 1. The Kier molecular flexibility index (Phi) is 4.16. The molecule has 0 bridgehead atoms. The fourth-order valence-electron chi connectivity index (χ4n) is 2.52. The van der Waals surface area contributed by atoms with Crippen LogP contribution in [0.1, 0.15) is 22.8 Å². The number of carbonyl (C=O) groups is 1. The molecular weight excluding hydrogens is 298 g/mol. The molecule has 0 fully saturated rings. The van der Waals surface area contributed by atoms with Gasteiger partial charge in [0, 0.05) is 28.7 Å². The zero-order valence-corrected chi connectivity index (χ0v) is 13.0. The lowest BCUT2D eigenvalue weighted by Gasteiger charge is -2.08. The van der Waals surface area contributed by atoms with Crippen molar-refractivity contribution in [3.8, 4) is 0 Å². The topological polar surface area (TPSA) is 31.2 Å². The number of halogens is 1. The fraction of sp³-hybridized carbons (Fsp3) is 0.167. The minimum absolute atomic E-state index is 0.284. The van der Waals surface area contributed by atoms with E-state index in [4.69, 9.17) is 16.3 Å². The molecule has 0 N–H and O–H groups in total. The van der Waals surface area contributed by atoms with E-state index >= 15 is 0 Å². The summed E-state index contributed by atoms with van der Waals surface area (Å²) in [5, 5.41) is 1.84. The summed E-state index contributed by atoms with van der Waals surface area (Å²) in [6.07, 6.45) is 2.03. The van der Waals surface area contributed by atoms with Crippen molar-refractivity contribution in [3.63, 3.8) is 0 Å². The minimum Gasteiger partial charge on any atom is -0.462 e. The van der Waals surface area contributed by atoms with Crippen LogP contribution in [0.25, 0.3) is 10.9 Å². The highest BCUT2D eigenvalue weighted by atomic mass is 35.5. The van der Waals surface area contributed by atoms with E-state index in [1.807, 2.05) is 48.7 Å². The van der Waals surface area contributed by atoms with Crippen molar-refractivity contribution in [1.29, 1.82) is 0 Å². The highest BCUT2D eigenvalue weighted by Gasteiger charge is 2.08. The van der Waals surface area contributed by atoms with Gasteiger partial charge in [-0.3, -0.25) is 0 Å². The lowest BCUT2D eigenvalue weighted by Crippen LogP contribution is -2.06. The van der Waals surface area contributed by atoms with E-state index in [1.54, 1.807) is 13.0 Å². The molecule has 0 radical (unpaired) electrons. The van der Waals surface area contributed by atoms with Crippen LogP contribution >= 0.6 is 11.6 Å². The van der Waals surface area contributed by atoms with Crippen LogP contribution in [0.15, 0.2) is 54.7 Å². The molecule has 2 aromatic carbocycles. The third-order valence-electron chi connectivity index (χ3n) is 3.52. The fourth-order valence-corrected chi connectivity index (χ4v) is 2.70. The van der Waals surface area contributed by atoms with Gasteiger partial charge in [-0.2, -0.15) is 0 Å². The molecule has 112 valence electrons. The van der Waals surface area contributed by atoms with Gasteiger partial charge in [0.05, 0.1) is 12.2 Å². The number of rotatable bonds is 4. The van der Waals surface area contributed by atoms with Crippen molar-refractivity contribution in [2.75, 3.05) is 6.61 Å². The molecule has 0 spiro atoms. The number of esters is 1. The van der Waals surface area contributed by atoms with Gasteiger partial charge in [0.1, 0.15) is 0 Å². The number of aromatic nitrogens is 1. The van der Waals surface area contributed by atoms with E-state index in [1.165, 1.54) is 0 Å². The van der Waals surface area contributed by atoms with Gasteiger partial charge < -0.3 is 9.30 Å². The summed E-state index contributed by atoms with van der Waals surface area (Å²) in [7, 11) is 0. The van der Waals surface area contributed by atoms with Crippen LogP contribution in [0.3, 0.4) is 0 Å². The maximum Gasteiger partial charge on any atom is 0.338 e. The Bertz CT molecular complexity index is 823. The predicted molar refractivity (Wildman–Crippen MR) is 88.4 cm³/mol. The summed E-state index contributed by atoms with van der Waals surface area (Å²) in [5.41, 5.74) is 2.75. The van der Waals surface area contributed by atoms with Crippen molar-refractivity contribution in [3.05, 3.63) is 70.9 Å². The maximum atomic E-state index is 11.8. The standard InChI is InChI=1S/C18H16ClNO2/c1-2-22-18(21)15-5-3-4-13(10-15)12-20-9-8-14-11-16(19)6-7-17(14)20/h3-11H,2,12H2,1H3. The van der Waals surface area contributed by atoms with Crippen LogP contribution in [0.5, 0.6) is 0 Å². The molecule has 3 rings (SSSR count). The summed E-state index contributed by atoms with van der Waals surface area (Å²) in [5.74, 6) is -0.284. The summed E-state index contributed by atoms with van der Waals surface area (Å²) < 4.78 is 7.18. The number of carbonyl (C=O) groups excluding carboxylic acids is 1. The molecule has 3 aromatic rings. The second-order valence-electron chi connectivity index (χ2n) is 5.07. The average molecular weight is 314 g/mol. The molecule has 0 amide bonds. The normalized spacial score (nSPS) is 10.8. The summed E-state index contributed by atoms with van der Waals surface area (Å²) in [4.78, 5) is 11.8. The quantitative estimate of drug-likeness (QED) is 0.663. The lowest BCUT2D eigenvalue weighted by molar-refractivity contribution is 0.0526. The van der Waals surface area contributed by atoms with Gasteiger partial charge >= 0.3 is 5.97 Å². The first-order valence-corrected chi connectivity index (χ1v) is 7.55. The summed E-state index contributed by atoms with van der Waals surface area (Å²) in [6, 6.07) is 15.4. The highest BCUT2D eigenvalue weighted by molar-refractivity contribution is 6.31. The van der Waals surface area contributed by atoms with E-state index in [2.05, 4.69) is 4.57 Å². The average Bonchev–Trinajstić information content (AvgIpc) is 2.90. The minimum atomic E-state index is -0.284. The molecule has 0 atom stereocenters. The predicted octanol–water partition coefficient (Wildman–Crippen LogP) is 4.52. The van der Waals surface area contributed by atoms with Crippen molar-refractivity contribution in [2.24, 2.45) is 0 Å². The van der Waals surface area contributed by atoms with Crippen molar-refractivity contribution in [1.82, 2.24) is 4.57 Å². The van der Waals surface area contributed by atoms with Gasteiger partial charge in [0.2, 0.25) is 0 Å². The van der Waals surface area contributed by atoms with E-state index in [0.717, 1.165) is 21.5 Å². The number of ether oxygens (including phenoxy) is 1. The van der Waals surface area contributed by atoms with Gasteiger partial charge in [-0.05, 0) is 48.9 Å². The van der Waals surface area contributed by atoms with Gasteiger partial charge in [-0.1, -0.05) is 23.7 Å². The van der Waals surface area contributed by atoms with Gasteiger partial charge in [0.25, 0.3) is 0 Å². The number of hydrogen-bond acceptors (Lipinski definition) is 2. The molecule has 0 saturated carbocycles. The van der Waals surface area contributed by atoms with E-state index < -0.39 is 0 Å². The van der Waals surface area contributed by atoms with Crippen LogP contribution in [0.4, 0.5) is 0 Å². The van der Waals surface area contributed by atoms with Crippen LogP contribution < -0.4 is 0 Å². The molecule has 0 saturated heterocycles. The van der Waals surface area contributed by atoms with Crippen LogP contribution in [0.2, 0.25) is 5.02 Å². The zero-order chi connectivity index (χ0) is 15.5. The molecule has 1 aromatic heterocycles. The van der Waals surface area contributed by atoms with Crippen LogP contribution in [-0.2, 0) is 11.3 Å². The third kappa shape index (κ3) is 3.00. The molecule has 4 heteroatoms. The second-order valence-corrected chi connectivity index (χ2v) is 5.50. The smallest absolute Gasteiger partial charge is 0.338 e. The largest absolute Gasteiger partial charge is 0.462 e. The van der Waals surface area contributed by atoms with Gasteiger partial charge in [-0.25, -0.2) is 4.79 Å². The van der Waals surface area contributed by atoms with Crippen molar-refractivity contribution < 1.29 is 9.53 Å². The van der Waals surface area contributed by atoms with Crippen LogP contribution in [0, 0.1) is 0 Å². The molecular formula is C18H16ClNO2. The third-order valence-corrected chi connectivity index (χ3v) is 3.76. The Hall–Kier alpha value is -2.26. The Morgan fingerprint density at radius 1 is 1.18 bits per heavy atom. The number of hydrogen-bond donors (Lipinski definition) is 0. The number of benzene rings is 2. The molecule has 0 aliphatic heterocycles. The highest BCUT2D eigenvalue weighted by Crippen LogP contribution is 2.21. The SMILES string of the molecule is CCOC(=O)c1cccc(Cn2ccc3cc(Cl)ccc32)c1. The maximum absolute atomic E-state index is 11.8. The first-order chi connectivity index (χ1) is 10.7. The van der Waals surface area contributed by atoms with E-state index in [0.29, 0.717) is 18.7 Å². The van der Waals surface area contributed by atoms with E-state index in [9.17, 15) is 4.79 Å². The summed E-state index contributed by atoms with van der Waals surface area (Å²) >= 11 is 6.01. The Morgan fingerprint density at radius 2 is 2.05 bits per heavy atom. The molecule has 0 aliphatic rings. The first kappa shape index (κ1) is 14.7. The van der Waals surface area contributed by atoms with Crippen LogP contribution in [-0.4, -0.2) is 17.1 Å². The molecule has 0 aliphatic carbocycles. The lowest BCUT2D eigenvalue weighted by atomic mass is 10.1. The first-order valence-electron chi connectivity index (χ1n) is 7.18.